The molecule has 6 nitrogen and oxygen atoms in total. The van der Waals surface area contributed by atoms with Crippen LogP contribution in [-0.4, -0.2) is 19.3 Å². The third kappa shape index (κ3) is 4.53. The molecule has 0 saturated heterocycles. The standard InChI is InChI=1S/C16H16Cl2N4O2/c1-23-12-6-3-5-11(15(12)18)9-24-13-7-2-4-10(14(13)17)8-21-22-16(19)20/h2-8H,9H2,1H3,(H4,19,20,22). The normalized spacial score (nSPS) is 10.6. The molecule has 0 aliphatic rings. The number of rotatable bonds is 6. The minimum absolute atomic E-state index is 0.137. The van der Waals surface area contributed by atoms with Gasteiger partial charge in [0.15, 0.2) is 0 Å². The van der Waals surface area contributed by atoms with Crippen LogP contribution in [0.1, 0.15) is 11.1 Å². The van der Waals surface area contributed by atoms with Gasteiger partial charge < -0.3 is 20.9 Å². The van der Waals surface area contributed by atoms with Crippen LogP contribution < -0.4 is 20.9 Å². The third-order valence-corrected chi connectivity index (χ3v) is 3.84. The minimum Gasteiger partial charge on any atom is -0.495 e. The Morgan fingerprint density at radius 2 is 1.79 bits per heavy atom. The Hall–Kier alpha value is -2.44. The van der Waals surface area contributed by atoms with Gasteiger partial charge in [0.25, 0.3) is 0 Å². The van der Waals surface area contributed by atoms with Crippen LogP contribution in [0.25, 0.3) is 0 Å². The van der Waals surface area contributed by atoms with Gasteiger partial charge in [0.1, 0.15) is 18.1 Å². The molecule has 0 radical (unpaired) electrons. The predicted octanol–water partition coefficient (Wildman–Crippen LogP) is 3.19. The first-order chi connectivity index (χ1) is 11.5. The molecule has 0 aromatic heterocycles. The highest BCUT2D eigenvalue weighted by Gasteiger charge is 2.10. The zero-order valence-electron chi connectivity index (χ0n) is 12.9. The Balaban J connectivity index is 2.16. The maximum Gasteiger partial charge on any atom is 0.211 e. The van der Waals surface area contributed by atoms with Crippen molar-refractivity contribution in [1.82, 2.24) is 0 Å². The number of benzene rings is 2. The highest BCUT2D eigenvalue weighted by Crippen LogP contribution is 2.31. The van der Waals surface area contributed by atoms with Crippen molar-refractivity contribution < 1.29 is 9.47 Å². The second-order valence-electron chi connectivity index (χ2n) is 4.65. The van der Waals surface area contributed by atoms with Crippen molar-refractivity contribution in [3.05, 3.63) is 57.6 Å². The third-order valence-electron chi connectivity index (χ3n) is 3.01. The second-order valence-corrected chi connectivity index (χ2v) is 5.41. The summed E-state index contributed by atoms with van der Waals surface area (Å²) >= 11 is 12.6. The van der Waals surface area contributed by atoms with Crippen LogP contribution in [0.4, 0.5) is 0 Å². The lowest BCUT2D eigenvalue weighted by Gasteiger charge is -2.12. The highest BCUT2D eigenvalue weighted by molar-refractivity contribution is 6.34. The van der Waals surface area contributed by atoms with Gasteiger partial charge in [-0.15, -0.1) is 5.10 Å². The fraction of sp³-hybridized carbons (Fsp3) is 0.125. The molecule has 2 aromatic carbocycles. The number of nitrogens with zero attached hydrogens (tertiary/aromatic N) is 2. The molecule has 0 amide bonds. The molecule has 0 aliphatic carbocycles. The van der Waals surface area contributed by atoms with Gasteiger partial charge in [-0.2, -0.15) is 5.10 Å². The zero-order chi connectivity index (χ0) is 17.5. The molecule has 0 bridgehead atoms. The van der Waals surface area contributed by atoms with E-state index in [2.05, 4.69) is 10.2 Å². The van der Waals surface area contributed by atoms with E-state index in [1.54, 1.807) is 31.4 Å². The molecule has 8 heteroatoms. The Bertz CT molecular complexity index is 775. The predicted molar refractivity (Wildman–Crippen MR) is 97.2 cm³/mol. The molecule has 4 N–H and O–H groups in total. The number of nitrogens with two attached hydrogens (primary N) is 2. The summed E-state index contributed by atoms with van der Waals surface area (Å²) in [5, 5.41) is 8.16. The van der Waals surface area contributed by atoms with Crippen molar-refractivity contribution in [2.45, 2.75) is 6.61 Å². The van der Waals surface area contributed by atoms with E-state index < -0.39 is 0 Å². The van der Waals surface area contributed by atoms with E-state index in [0.717, 1.165) is 5.56 Å². The fourth-order valence-electron chi connectivity index (χ4n) is 1.88. The molecule has 0 heterocycles. The van der Waals surface area contributed by atoms with E-state index in [-0.39, 0.29) is 12.6 Å². The van der Waals surface area contributed by atoms with Gasteiger partial charge in [-0.1, -0.05) is 47.5 Å². The summed E-state index contributed by atoms with van der Waals surface area (Å²) in [6.45, 7) is 0.240. The van der Waals surface area contributed by atoms with Crippen molar-refractivity contribution in [3.8, 4) is 11.5 Å². The average Bonchev–Trinajstić information content (AvgIpc) is 2.56. The van der Waals surface area contributed by atoms with Crippen LogP contribution in [0.15, 0.2) is 46.6 Å². The zero-order valence-corrected chi connectivity index (χ0v) is 14.4. The molecule has 2 rings (SSSR count). The number of halogens is 2. The molecular weight excluding hydrogens is 351 g/mol. The van der Waals surface area contributed by atoms with Gasteiger partial charge in [-0.05, 0) is 12.1 Å². The van der Waals surface area contributed by atoms with Crippen LogP contribution in [0.2, 0.25) is 10.0 Å². The molecule has 24 heavy (non-hydrogen) atoms. The van der Waals surface area contributed by atoms with E-state index in [1.807, 2.05) is 12.1 Å². The van der Waals surface area contributed by atoms with Crippen molar-refractivity contribution in [3.63, 3.8) is 0 Å². The van der Waals surface area contributed by atoms with Gasteiger partial charge in [0.2, 0.25) is 5.96 Å². The van der Waals surface area contributed by atoms with E-state index in [4.69, 9.17) is 44.1 Å². The molecular formula is C16H16Cl2N4O2. The van der Waals surface area contributed by atoms with Gasteiger partial charge in [0.05, 0.1) is 23.4 Å². The Morgan fingerprint density at radius 1 is 1.08 bits per heavy atom. The van der Waals surface area contributed by atoms with E-state index in [0.29, 0.717) is 27.1 Å². The minimum atomic E-state index is -0.137. The van der Waals surface area contributed by atoms with Crippen molar-refractivity contribution >= 4 is 35.4 Å². The average molecular weight is 367 g/mol. The molecule has 0 atom stereocenters. The van der Waals surface area contributed by atoms with E-state index in [9.17, 15) is 0 Å². The van der Waals surface area contributed by atoms with Gasteiger partial charge in [-0.3, -0.25) is 0 Å². The number of hydrogen-bond donors (Lipinski definition) is 2. The van der Waals surface area contributed by atoms with Crippen molar-refractivity contribution in [2.75, 3.05) is 7.11 Å². The lowest BCUT2D eigenvalue weighted by molar-refractivity contribution is 0.305. The Labute approximate surface area is 149 Å². The maximum atomic E-state index is 6.30. The van der Waals surface area contributed by atoms with Crippen LogP contribution in [0.3, 0.4) is 0 Å². The lowest BCUT2D eigenvalue weighted by atomic mass is 10.2. The number of ether oxygens (including phenoxy) is 2. The first kappa shape index (κ1) is 17.9. The van der Waals surface area contributed by atoms with Gasteiger partial charge >= 0.3 is 0 Å². The molecule has 0 fully saturated rings. The highest BCUT2D eigenvalue weighted by atomic mass is 35.5. The quantitative estimate of drug-likeness (QED) is 0.466. The first-order valence-corrected chi connectivity index (χ1v) is 7.63. The lowest BCUT2D eigenvalue weighted by Crippen LogP contribution is -2.21. The Morgan fingerprint density at radius 3 is 2.50 bits per heavy atom. The van der Waals surface area contributed by atoms with Crippen LogP contribution in [0, 0.1) is 0 Å². The SMILES string of the molecule is COc1cccc(COc2cccc(C=NN=C(N)N)c2Cl)c1Cl. The number of hydrogen-bond acceptors (Lipinski definition) is 4. The maximum absolute atomic E-state index is 6.30. The summed E-state index contributed by atoms with van der Waals surface area (Å²) in [5.41, 5.74) is 11.8. The molecule has 0 spiro atoms. The van der Waals surface area contributed by atoms with Crippen LogP contribution in [0.5, 0.6) is 11.5 Å². The summed E-state index contributed by atoms with van der Waals surface area (Å²) in [6, 6.07) is 10.8. The summed E-state index contributed by atoms with van der Waals surface area (Å²) in [6.07, 6.45) is 1.44. The smallest absolute Gasteiger partial charge is 0.211 e. The summed E-state index contributed by atoms with van der Waals surface area (Å²) < 4.78 is 10.9. The summed E-state index contributed by atoms with van der Waals surface area (Å²) in [5.74, 6) is 0.939. The summed E-state index contributed by atoms with van der Waals surface area (Å²) in [7, 11) is 1.56. The van der Waals surface area contributed by atoms with Crippen LogP contribution in [-0.2, 0) is 6.61 Å². The van der Waals surface area contributed by atoms with E-state index >= 15 is 0 Å². The molecule has 126 valence electrons. The van der Waals surface area contributed by atoms with Gasteiger partial charge in [-0.25, -0.2) is 0 Å². The largest absolute Gasteiger partial charge is 0.495 e. The van der Waals surface area contributed by atoms with Crippen LogP contribution >= 0.6 is 23.2 Å². The van der Waals surface area contributed by atoms with Crippen molar-refractivity contribution in [2.24, 2.45) is 21.7 Å². The second kappa shape index (κ2) is 8.42. The number of guanidine groups is 1. The first-order valence-electron chi connectivity index (χ1n) is 6.87. The Kier molecular flexibility index (Phi) is 6.28. The van der Waals surface area contributed by atoms with Crippen molar-refractivity contribution in [1.29, 1.82) is 0 Å². The molecule has 0 aliphatic heterocycles. The fourth-order valence-corrected chi connectivity index (χ4v) is 2.36. The topological polar surface area (TPSA) is 95.2 Å². The number of methoxy groups -OCH3 is 1. The summed E-state index contributed by atoms with van der Waals surface area (Å²) in [4.78, 5) is 0. The molecule has 0 unspecified atom stereocenters. The van der Waals surface area contributed by atoms with E-state index in [1.165, 1.54) is 6.21 Å². The monoisotopic (exact) mass is 366 g/mol. The molecule has 2 aromatic rings. The molecule has 0 saturated carbocycles. The van der Waals surface area contributed by atoms with Gasteiger partial charge in [0, 0.05) is 11.1 Å².